The highest BCUT2D eigenvalue weighted by Gasteiger charge is 2.33. The first kappa shape index (κ1) is 16.6. The SMILES string of the molecule is CCOC(=O)C(C=C1c2ccccc2C(=O)c2ccccc21)[N+](=O)[O-]. The van der Waals surface area contributed by atoms with Crippen LogP contribution in [0.25, 0.3) is 5.57 Å². The van der Waals surface area contributed by atoms with Crippen molar-refractivity contribution in [3.05, 3.63) is 87.0 Å². The number of ether oxygens (including phenoxy) is 1. The Morgan fingerprint density at radius 2 is 1.56 bits per heavy atom. The van der Waals surface area contributed by atoms with Gasteiger partial charge in [0.1, 0.15) is 0 Å². The third kappa shape index (κ3) is 2.94. The first-order valence-corrected chi connectivity index (χ1v) is 7.80. The second-order valence-corrected chi connectivity index (χ2v) is 5.48. The van der Waals surface area contributed by atoms with E-state index in [4.69, 9.17) is 4.74 Å². The van der Waals surface area contributed by atoms with E-state index >= 15 is 0 Å². The van der Waals surface area contributed by atoms with Gasteiger partial charge in [0.2, 0.25) is 0 Å². The number of hydrogen-bond acceptors (Lipinski definition) is 5. The van der Waals surface area contributed by atoms with Gasteiger partial charge in [-0.2, -0.15) is 0 Å². The molecule has 0 saturated heterocycles. The molecule has 2 aromatic rings. The topological polar surface area (TPSA) is 86.5 Å². The Labute approximate surface area is 143 Å². The average molecular weight is 337 g/mol. The first-order chi connectivity index (χ1) is 12.0. The highest BCUT2D eigenvalue weighted by Crippen LogP contribution is 2.36. The maximum atomic E-state index is 12.7. The predicted molar refractivity (Wildman–Crippen MR) is 90.8 cm³/mol. The molecule has 1 unspecified atom stereocenters. The van der Waals surface area contributed by atoms with Crippen molar-refractivity contribution in [3.63, 3.8) is 0 Å². The first-order valence-electron chi connectivity index (χ1n) is 7.80. The fraction of sp³-hybridized carbons (Fsp3) is 0.158. The van der Waals surface area contributed by atoms with Crippen LogP contribution in [0.1, 0.15) is 34.0 Å². The molecule has 0 heterocycles. The van der Waals surface area contributed by atoms with Gasteiger partial charge in [0.25, 0.3) is 0 Å². The van der Waals surface area contributed by atoms with Crippen molar-refractivity contribution in [3.8, 4) is 0 Å². The lowest BCUT2D eigenvalue weighted by Crippen LogP contribution is -2.30. The molecule has 6 nitrogen and oxygen atoms in total. The van der Waals surface area contributed by atoms with Gasteiger partial charge in [-0.3, -0.25) is 14.9 Å². The van der Waals surface area contributed by atoms with Crippen LogP contribution in [0.4, 0.5) is 0 Å². The summed E-state index contributed by atoms with van der Waals surface area (Å²) in [6.45, 7) is 1.64. The minimum absolute atomic E-state index is 0.0536. The average Bonchev–Trinajstić information content (AvgIpc) is 2.61. The summed E-state index contributed by atoms with van der Waals surface area (Å²) in [5, 5.41) is 11.4. The molecule has 6 heteroatoms. The molecule has 0 radical (unpaired) electrons. The molecule has 2 aromatic carbocycles. The number of carbonyl (C=O) groups excluding carboxylic acids is 2. The number of carbonyl (C=O) groups is 2. The molecule has 0 fully saturated rings. The monoisotopic (exact) mass is 337 g/mol. The van der Waals surface area contributed by atoms with Crippen LogP contribution in [-0.4, -0.2) is 29.3 Å². The maximum absolute atomic E-state index is 12.7. The standard InChI is InChI=1S/C19H15NO5/c1-2-25-19(22)17(20(23)24)11-16-12-7-3-5-9-14(12)18(21)15-10-6-4-8-13(15)16/h3-11,17H,2H2,1H3. The van der Waals surface area contributed by atoms with Crippen molar-refractivity contribution < 1.29 is 19.2 Å². The fourth-order valence-corrected chi connectivity index (χ4v) is 2.90. The quantitative estimate of drug-likeness (QED) is 0.415. The van der Waals surface area contributed by atoms with Gasteiger partial charge in [0.05, 0.1) is 6.61 Å². The van der Waals surface area contributed by atoms with Crippen LogP contribution >= 0.6 is 0 Å². The van der Waals surface area contributed by atoms with Crippen LogP contribution < -0.4 is 0 Å². The largest absolute Gasteiger partial charge is 0.461 e. The van der Waals surface area contributed by atoms with E-state index in [-0.39, 0.29) is 12.4 Å². The zero-order valence-electron chi connectivity index (χ0n) is 13.5. The van der Waals surface area contributed by atoms with E-state index in [1.807, 2.05) is 0 Å². The molecule has 3 rings (SSSR count). The molecule has 0 amide bonds. The zero-order valence-corrected chi connectivity index (χ0v) is 13.5. The van der Waals surface area contributed by atoms with Crippen molar-refractivity contribution in [2.24, 2.45) is 0 Å². The van der Waals surface area contributed by atoms with Crippen LogP contribution in [0.2, 0.25) is 0 Å². The van der Waals surface area contributed by atoms with Gasteiger partial charge >= 0.3 is 12.0 Å². The predicted octanol–water partition coefficient (Wildman–Crippen LogP) is 2.87. The number of fused-ring (bicyclic) bond motifs is 2. The molecule has 1 atom stereocenters. The van der Waals surface area contributed by atoms with Crippen LogP contribution in [-0.2, 0) is 9.53 Å². The van der Waals surface area contributed by atoms with Gasteiger partial charge in [0, 0.05) is 22.1 Å². The van der Waals surface area contributed by atoms with Crippen LogP contribution in [0.3, 0.4) is 0 Å². The van der Waals surface area contributed by atoms with E-state index in [0.717, 1.165) is 0 Å². The third-order valence-electron chi connectivity index (χ3n) is 4.00. The summed E-state index contributed by atoms with van der Waals surface area (Å²) in [5.74, 6) is -1.07. The lowest BCUT2D eigenvalue weighted by molar-refractivity contribution is -0.497. The van der Waals surface area contributed by atoms with Gasteiger partial charge in [-0.15, -0.1) is 0 Å². The molecule has 0 N–H and O–H groups in total. The Morgan fingerprint density at radius 3 is 2.00 bits per heavy atom. The second-order valence-electron chi connectivity index (χ2n) is 5.48. The molecule has 0 saturated carbocycles. The second kappa shape index (κ2) is 6.68. The normalized spacial score (nSPS) is 13.5. The van der Waals surface area contributed by atoms with Gasteiger partial charge < -0.3 is 4.74 Å². The number of esters is 1. The van der Waals surface area contributed by atoms with Crippen molar-refractivity contribution in [1.29, 1.82) is 0 Å². The molecule has 126 valence electrons. The van der Waals surface area contributed by atoms with Gasteiger partial charge in [0.15, 0.2) is 5.78 Å². The molecular weight excluding hydrogens is 322 g/mol. The minimum atomic E-state index is -1.63. The summed E-state index contributed by atoms with van der Waals surface area (Å²) in [7, 11) is 0. The highest BCUT2D eigenvalue weighted by atomic mass is 16.6. The van der Waals surface area contributed by atoms with Gasteiger partial charge in [-0.25, -0.2) is 4.79 Å². The number of hydrogen-bond donors (Lipinski definition) is 0. The summed E-state index contributed by atoms with van der Waals surface area (Å²) in [5.41, 5.74) is 2.54. The van der Waals surface area contributed by atoms with Crippen LogP contribution in [0, 0.1) is 10.1 Å². The molecule has 25 heavy (non-hydrogen) atoms. The molecular formula is C19H15NO5. The Bertz CT molecular complexity index is 849. The molecule has 0 aliphatic heterocycles. The molecule has 1 aliphatic carbocycles. The minimum Gasteiger partial charge on any atom is -0.461 e. The number of ketones is 1. The lowest BCUT2D eigenvalue weighted by Gasteiger charge is -2.21. The third-order valence-corrected chi connectivity index (χ3v) is 4.00. The molecule has 0 spiro atoms. The maximum Gasteiger partial charge on any atom is 0.386 e. The summed E-state index contributed by atoms with van der Waals surface area (Å²) in [6.07, 6.45) is 1.27. The van der Waals surface area contributed by atoms with E-state index in [1.165, 1.54) is 6.08 Å². The lowest BCUT2D eigenvalue weighted by atomic mass is 9.81. The number of benzene rings is 2. The molecule has 1 aliphatic rings. The van der Waals surface area contributed by atoms with Gasteiger partial charge in [-0.05, 0) is 23.6 Å². The van der Waals surface area contributed by atoms with E-state index < -0.39 is 16.9 Å². The Hall–Kier alpha value is -3.28. The zero-order chi connectivity index (χ0) is 18.0. The number of nitro groups is 1. The molecule has 0 aromatic heterocycles. The van der Waals surface area contributed by atoms with Crippen molar-refractivity contribution >= 4 is 17.3 Å². The smallest absolute Gasteiger partial charge is 0.386 e. The summed E-state index contributed by atoms with van der Waals surface area (Å²) < 4.78 is 4.81. The Kier molecular flexibility index (Phi) is 4.43. The number of rotatable bonds is 4. The summed E-state index contributed by atoms with van der Waals surface area (Å²) in [6, 6.07) is 12.1. The van der Waals surface area contributed by atoms with E-state index in [9.17, 15) is 19.7 Å². The Balaban J connectivity index is 2.21. The van der Waals surface area contributed by atoms with Crippen molar-refractivity contribution in [2.75, 3.05) is 6.61 Å². The summed E-state index contributed by atoms with van der Waals surface area (Å²) in [4.78, 5) is 35.3. The van der Waals surface area contributed by atoms with E-state index in [1.54, 1.807) is 55.5 Å². The highest BCUT2D eigenvalue weighted by molar-refractivity contribution is 6.18. The van der Waals surface area contributed by atoms with Gasteiger partial charge in [-0.1, -0.05) is 48.5 Å². The fourth-order valence-electron chi connectivity index (χ4n) is 2.90. The van der Waals surface area contributed by atoms with Crippen molar-refractivity contribution in [1.82, 2.24) is 0 Å². The van der Waals surface area contributed by atoms with Crippen LogP contribution in [0.5, 0.6) is 0 Å². The van der Waals surface area contributed by atoms with Crippen LogP contribution in [0.15, 0.2) is 54.6 Å². The summed E-state index contributed by atoms with van der Waals surface area (Å²) >= 11 is 0. The number of nitrogens with zero attached hydrogens (tertiary/aromatic N) is 1. The van der Waals surface area contributed by atoms with E-state index in [2.05, 4.69) is 0 Å². The molecule has 0 bridgehead atoms. The Morgan fingerprint density at radius 1 is 1.08 bits per heavy atom. The van der Waals surface area contributed by atoms with Crippen molar-refractivity contribution in [2.45, 2.75) is 13.0 Å². The van der Waals surface area contributed by atoms with E-state index in [0.29, 0.717) is 27.8 Å².